The molecule has 1 aromatic carbocycles. The Morgan fingerprint density at radius 3 is 2.64 bits per heavy atom. The minimum absolute atomic E-state index is 0.0201. The number of ether oxygens (including phenoxy) is 1. The summed E-state index contributed by atoms with van der Waals surface area (Å²) in [7, 11) is 1.77. The van der Waals surface area contributed by atoms with Gasteiger partial charge in [-0.3, -0.25) is 4.79 Å². The predicted molar refractivity (Wildman–Crippen MR) is 97.8 cm³/mol. The minimum Gasteiger partial charge on any atom is -0.492 e. The summed E-state index contributed by atoms with van der Waals surface area (Å²) in [6.45, 7) is 6.24. The topological polar surface area (TPSA) is 61.9 Å². The van der Waals surface area contributed by atoms with Crippen molar-refractivity contribution < 1.29 is 14.3 Å². The summed E-state index contributed by atoms with van der Waals surface area (Å²) < 4.78 is 5.73. The predicted octanol–water partition coefficient (Wildman–Crippen LogP) is 2.28. The van der Waals surface area contributed by atoms with Gasteiger partial charge in [-0.05, 0) is 37.5 Å². The minimum atomic E-state index is -0.0971. The first-order chi connectivity index (χ1) is 12.0. The van der Waals surface area contributed by atoms with Crippen molar-refractivity contribution in [2.24, 2.45) is 0 Å². The normalized spacial score (nSPS) is 17.3. The van der Waals surface area contributed by atoms with E-state index in [1.54, 1.807) is 16.8 Å². The van der Waals surface area contributed by atoms with E-state index >= 15 is 0 Å². The first-order valence-corrected chi connectivity index (χ1v) is 9.04. The molecule has 138 valence electrons. The van der Waals surface area contributed by atoms with Crippen LogP contribution in [0.4, 0.5) is 4.79 Å². The zero-order chi connectivity index (χ0) is 18.2. The zero-order valence-corrected chi connectivity index (χ0v) is 15.5. The maximum atomic E-state index is 12.4. The van der Waals surface area contributed by atoms with Gasteiger partial charge < -0.3 is 19.9 Å². The zero-order valence-electron chi connectivity index (χ0n) is 15.5. The van der Waals surface area contributed by atoms with Crippen molar-refractivity contribution in [2.45, 2.75) is 39.2 Å². The molecule has 3 amide bonds. The van der Waals surface area contributed by atoms with Crippen LogP contribution in [0.2, 0.25) is 0 Å². The summed E-state index contributed by atoms with van der Waals surface area (Å²) in [5.41, 5.74) is 1.28. The molecule has 0 unspecified atom stereocenters. The molecule has 0 aromatic heterocycles. The highest BCUT2D eigenvalue weighted by Crippen LogP contribution is 2.13. The lowest BCUT2D eigenvalue weighted by Gasteiger charge is -2.32. The number of nitrogens with one attached hydrogen (secondary N) is 1. The largest absolute Gasteiger partial charge is 0.492 e. The molecule has 1 aromatic rings. The van der Waals surface area contributed by atoms with Crippen molar-refractivity contribution in [1.29, 1.82) is 0 Å². The van der Waals surface area contributed by atoms with Gasteiger partial charge in [0, 0.05) is 32.6 Å². The van der Waals surface area contributed by atoms with Crippen LogP contribution in [0.25, 0.3) is 0 Å². The Morgan fingerprint density at radius 1 is 1.32 bits per heavy atom. The van der Waals surface area contributed by atoms with E-state index in [1.165, 1.54) is 5.56 Å². The Kier molecular flexibility index (Phi) is 7.10. The number of carbonyl (C=O) groups excluding carboxylic acids is 2. The molecule has 0 radical (unpaired) electrons. The molecule has 25 heavy (non-hydrogen) atoms. The summed E-state index contributed by atoms with van der Waals surface area (Å²) in [6, 6.07) is 7.96. The molecule has 1 fully saturated rings. The van der Waals surface area contributed by atoms with E-state index in [-0.39, 0.29) is 18.0 Å². The quantitative estimate of drug-likeness (QED) is 0.823. The first-order valence-electron chi connectivity index (χ1n) is 9.04. The molecule has 2 rings (SSSR count). The van der Waals surface area contributed by atoms with Gasteiger partial charge in [-0.25, -0.2) is 4.79 Å². The van der Waals surface area contributed by atoms with Crippen LogP contribution >= 0.6 is 0 Å². The number of hydrogen-bond acceptors (Lipinski definition) is 3. The van der Waals surface area contributed by atoms with Gasteiger partial charge in [-0.1, -0.05) is 19.1 Å². The molecular formula is C19H29N3O3. The van der Waals surface area contributed by atoms with Crippen molar-refractivity contribution in [3.63, 3.8) is 0 Å². The van der Waals surface area contributed by atoms with Gasteiger partial charge in [0.05, 0.1) is 6.54 Å². The maximum absolute atomic E-state index is 12.4. The third kappa shape index (κ3) is 5.66. The lowest BCUT2D eigenvalue weighted by atomic mass is 10.1. The second-order valence-corrected chi connectivity index (χ2v) is 6.38. The molecule has 1 aliphatic heterocycles. The fourth-order valence-corrected chi connectivity index (χ4v) is 2.89. The van der Waals surface area contributed by atoms with Gasteiger partial charge in [0.1, 0.15) is 12.4 Å². The smallest absolute Gasteiger partial charge is 0.317 e. The van der Waals surface area contributed by atoms with E-state index < -0.39 is 0 Å². The molecule has 6 nitrogen and oxygen atoms in total. The number of piperidine rings is 1. The Balaban J connectivity index is 1.76. The lowest BCUT2D eigenvalue weighted by molar-refractivity contribution is -0.132. The molecule has 1 heterocycles. The number of hydrogen-bond donors (Lipinski definition) is 1. The molecule has 1 atom stereocenters. The summed E-state index contributed by atoms with van der Waals surface area (Å²) >= 11 is 0. The van der Waals surface area contributed by atoms with Crippen LogP contribution in [-0.4, -0.2) is 61.1 Å². The summed E-state index contributed by atoms with van der Waals surface area (Å²) in [5, 5.41) is 3.02. The Hall–Kier alpha value is -2.24. The van der Waals surface area contributed by atoms with Crippen LogP contribution in [0.15, 0.2) is 24.3 Å². The van der Waals surface area contributed by atoms with Crippen LogP contribution in [0, 0.1) is 0 Å². The van der Waals surface area contributed by atoms with E-state index in [0.29, 0.717) is 39.1 Å². The Labute approximate surface area is 150 Å². The maximum Gasteiger partial charge on any atom is 0.317 e. The molecule has 6 heteroatoms. The number of likely N-dealkylation sites (tertiary alicyclic amines) is 1. The van der Waals surface area contributed by atoms with E-state index in [4.69, 9.17) is 4.74 Å². The molecule has 0 saturated carbocycles. The number of nitrogens with zero attached hydrogens (tertiary/aromatic N) is 2. The molecule has 1 aliphatic rings. The van der Waals surface area contributed by atoms with Crippen molar-refractivity contribution in [1.82, 2.24) is 15.1 Å². The molecule has 0 aliphatic carbocycles. The van der Waals surface area contributed by atoms with Crippen LogP contribution in [0.3, 0.4) is 0 Å². The van der Waals surface area contributed by atoms with Gasteiger partial charge in [0.2, 0.25) is 5.91 Å². The number of urea groups is 1. The monoisotopic (exact) mass is 347 g/mol. The van der Waals surface area contributed by atoms with Crippen LogP contribution < -0.4 is 10.1 Å². The van der Waals surface area contributed by atoms with Gasteiger partial charge in [0.25, 0.3) is 0 Å². The van der Waals surface area contributed by atoms with E-state index in [0.717, 1.165) is 12.2 Å². The Bertz CT molecular complexity index is 574. The molecule has 1 saturated heterocycles. The molecular weight excluding hydrogens is 318 g/mol. The number of rotatable bonds is 7. The average molecular weight is 347 g/mol. The second kappa shape index (κ2) is 9.30. The lowest BCUT2D eigenvalue weighted by Crippen LogP contribution is -2.52. The van der Waals surface area contributed by atoms with E-state index in [1.807, 2.05) is 19.1 Å². The number of likely N-dealkylation sites (N-methyl/N-ethyl adjacent to an activating group) is 2. The van der Waals surface area contributed by atoms with E-state index in [9.17, 15) is 9.59 Å². The average Bonchev–Trinajstić information content (AvgIpc) is 2.62. The van der Waals surface area contributed by atoms with Gasteiger partial charge in [-0.15, -0.1) is 0 Å². The van der Waals surface area contributed by atoms with E-state index in [2.05, 4.69) is 24.4 Å². The van der Waals surface area contributed by atoms with Gasteiger partial charge in [-0.2, -0.15) is 0 Å². The molecule has 1 N–H and O–H groups in total. The molecule has 0 spiro atoms. The van der Waals surface area contributed by atoms with Gasteiger partial charge >= 0.3 is 6.03 Å². The summed E-state index contributed by atoms with van der Waals surface area (Å²) in [6.07, 6.45) is 2.20. The highest BCUT2D eigenvalue weighted by molar-refractivity contribution is 5.78. The molecule has 0 bridgehead atoms. The van der Waals surface area contributed by atoms with Crippen molar-refractivity contribution in [3.8, 4) is 5.75 Å². The van der Waals surface area contributed by atoms with Crippen molar-refractivity contribution in [2.75, 3.05) is 33.3 Å². The second-order valence-electron chi connectivity index (χ2n) is 6.38. The third-order valence-electron chi connectivity index (χ3n) is 4.58. The summed E-state index contributed by atoms with van der Waals surface area (Å²) in [5.74, 6) is 0.960. The van der Waals surface area contributed by atoms with Crippen molar-refractivity contribution >= 4 is 11.9 Å². The number of benzene rings is 1. The first kappa shape index (κ1) is 19.1. The van der Waals surface area contributed by atoms with Crippen LogP contribution in [0.5, 0.6) is 5.75 Å². The number of carbonyl (C=O) groups is 2. The summed E-state index contributed by atoms with van der Waals surface area (Å²) in [4.78, 5) is 27.3. The fraction of sp³-hybridized carbons (Fsp3) is 0.579. The fourth-order valence-electron chi connectivity index (χ4n) is 2.89. The Morgan fingerprint density at radius 2 is 2.04 bits per heavy atom. The van der Waals surface area contributed by atoms with Crippen molar-refractivity contribution in [3.05, 3.63) is 29.8 Å². The number of amides is 3. The third-order valence-corrected chi connectivity index (χ3v) is 4.58. The van der Waals surface area contributed by atoms with Crippen LogP contribution in [-0.2, 0) is 11.2 Å². The standard InChI is InChI=1S/C19H29N3O3/c1-4-15-6-9-17(10-7-15)25-13-12-22(5-2)19(24)20-16-8-11-18(23)21(3)14-16/h6-7,9-10,16H,4-5,8,11-14H2,1-3H3,(H,20,24)/t16-/m1/s1. The highest BCUT2D eigenvalue weighted by atomic mass is 16.5. The van der Waals surface area contributed by atoms with Crippen LogP contribution in [0.1, 0.15) is 32.3 Å². The number of aryl methyl sites for hydroxylation is 1. The van der Waals surface area contributed by atoms with Gasteiger partial charge in [0.15, 0.2) is 0 Å². The SMILES string of the molecule is CCc1ccc(OCCN(CC)C(=O)N[C@@H]2CCC(=O)N(C)C2)cc1. The highest BCUT2D eigenvalue weighted by Gasteiger charge is 2.25.